The summed E-state index contributed by atoms with van der Waals surface area (Å²) in [5, 5.41) is 23.7. The fourth-order valence-corrected chi connectivity index (χ4v) is 13.9. The molecule has 182 valence electrons. The van der Waals surface area contributed by atoms with Gasteiger partial charge < -0.3 is 10.2 Å². The van der Waals surface area contributed by atoms with E-state index >= 15 is 0 Å². The first-order valence-electron chi connectivity index (χ1n) is 13.9. The van der Waals surface area contributed by atoms with Crippen molar-refractivity contribution in [3.8, 4) is 0 Å². The van der Waals surface area contributed by atoms with E-state index in [1.54, 1.807) is 0 Å². The van der Waals surface area contributed by atoms with Gasteiger partial charge in [-0.1, -0.05) is 55.4 Å². The molecule has 0 saturated heterocycles. The van der Waals surface area contributed by atoms with Gasteiger partial charge in [-0.05, 0) is 114 Å². The van der Waals surface area contributed by atoms with Crippen LogP contribution in [0.2, 0.25) is 0 Å². The third-order valence-electron chi connectivity index (χ3n) is 15.5. The summed E-state index contributed by atoms with van der Waals surface area (Å²) in [6.45, 7) is 22.6. The van der Waals surface area contributed by atoms with Gasteiger partial charge in [-0.25, -0.2) is 0 Å². The Morgan fingerprint density at radius 3 is 1.75 bits per heavy atom. The van der Waals surface area contributed by atoms with E-state index in [1.807, 2.05) is 6.92 Å². The normalized spacial score (nSPS) is 62.9. The summed E-state index contributed by atoms with van der Waals surface area (Å²) in [6, 6.07) is 0. The Kier molecular flexibility index (Phi) is 3.85. The maximum Gasteiger partial charge on any atom is 0.0944 e. The molecule has 9 fully saturated rings. The molecule has 9 aliphatic rings. The van der Waals surface area contributed by atoms with Crippen molar-refractivity contribution in [3.05, 3.63) is 0 Å². The van der Waals surface area contributed by atoms with E-state index in [4.69, 9.17) is 0 Å². The lowest BCUT2D eigenvalue weighted by molar-refractivity contribution is -0.469. The summed E-state index contributed by atoms with van der Waals surface area (Å²) in [5.41, 5.74) is 0.0320. The molecule has 0 radical (unpaired) electrons. The quantitative estimate of drug-likeness (QED) is 0.492. The van der Waals surface area contributed by atoms with Crippen LogP contribution in [0.25, 0.3) is 0 Å². The lowest BCUT2D eigenvalue weighted by atomic mass is 9.12. The van der Waals surface area contributed by atoms with E-state index in [1.165, 1.54) is 38.5 Å². The van der Waals surface area contributed by atoms with Crippen molar-refractivity contribution in [1.29, 1.82) is 0 Å². The average Bonchev–Trinajstić information content (AvgIpc) is 2.69. The molecule has 9 saturated carbocycles. The van der Waals surface area contributed by atoms with Crippen molar-refractivity contribution in [1.82, 2.24) is 0 Å². The monoisotopic (exact) mass is 442 g/mol. The van der Waals surface area contributed by atoms with E-state index in [9.17, 15) is 10.2 Å². The molecular formula is C30H50O2. The molecule has 0 aromatic heterocycles. The van der Waals surface area contributed by atoms with E-state index in [0.717, 1.165) is 30.6 Å². The second-order valence-corrected chi connectivity index (χ2v) is 15.9. The van der Waals surface area contributed by atoms with E-state index in [0.29, 0.717) is 16.7 Å². The molecule has 0 heterocycles. The Balaban J connectivity index is 1.64. The van der Waals surface area contributed by atoms with Crippen LogP contribution in [-0.2, 0) is 0 Å². The minimum absolute atomic E-state index is 0.0679. The molecule has 9 rings (SSSR count). The average molecular weight is 443 g/mol. The number of fused-ring (bicyclic) bond motifs is 6. The van der Waals surface area contributed by atoms with Crippen molar-refractivity contribution in [2.24, 2.45) is 61.6 Å². The van der Waals surface area contributed by atoms with E-state index in [2.05, 4.69) is 55.4 Å². The van der Waals surface area contributed by atoms with Crippen LogP contribution in [0.1, 0.15) is 114 Å². The standard InChI is InChI=1S/C30H50O2/c1-18-10-11-19-15-28(18,23(19,2)3)26(8)13-12-20-16-29(26,24(20,4)5)30-17-21(25(30,6)7)14-22(31)27(30,9)32/h18-22,31-32H,10-17H2,1-9H3. The van der Waals surface area contributed by atoms with Gasteiger partial charge in [-0.15, -0.1) is 0 Å². The minimum Gasteiger partial charge on any atom is -0.390 e. The summed E-state index contributed by atoms with van der Waals surface area (Å²) in [5.74, 6) is 2.91. The van der Waals surface area contributed by atoms with Gasteiger partial charge in [0.25, 0.3) is 0 Å². The lowest BCUT2D eigenvalue weighted by Crippen LogP contribution is -2.90. The molecule has 0 aromatic rings. The zero-order chi connectivity index (χ0) is 23.5. The zero-order valence-corrected chi connectivity index (χ0v) is 22.4. The highest BCUT2D eigenvalue weighted by Crippen LogP contribution is 2.95. The third-order valence-corrected chi connectivity index (χ3v) is 15.5. The number of hydrogen-bond donors (Lipinski definition) is 2. The Morgan fingerprint density at radius 2 is 1.22 bits per heavy atom. The Labute approximate surface area is 197 Å². The highest BCUT2D eigenvalue weighted by Gasteiger charge is 2.91. The molecule has 10 atom stereocenters. The van der Waals surface area contributed by atoms with Crippen LogP contribution in [-0.4, -0.2) is 21.9 Å². The summed E-state index contributed by atoms with van der Waals surface area (Å²) < 4.78 is 0. The SMILES string of the molecule is CC1CCC2CC1(C1(C)CCC3CC1(C14CC(CC(O)C1(C)O)C4(C)C)C3(C)C)C2(C)C. The Morgan fingerprint density at radius 1 is 0.656 bits per heavy atom. The van der Waals surface area contributed by atoms with Crippen LogP contribution in [0.5, 0.6) is 0 Å². The number of aliphatic hydroxyl groups excluding tert-OH is 1. The molecule has 2 heteroatoms. The minimum atomic E-state index is -1.02. The van der Waals surface area contributed by atoms with Crippen LogP contribution < -0.4 is 0 Å². The summed E-state index contributed by atoms with van der Waals surface area (Å²) in [4.78, 5) is 0. The van der Waals surface area contributed by atoms with Gasteiger partial charge in [0.15, 0.2) is 0 Å². The Hall–Kier alpha value is -0.0800. The fourth-order valence-electron chi connectivity index (χ4n) is 13.9. The van der Waals surface area contributed by atoms with Gasteiger partial charge >= 0.3 is 0 Å². The van der Waals surface area contributed by atoms with Gasteiger partial charge in [-0.2, -0.15) is 0 Å². The fraction of sp³-hybridized carbons (Fsp3) is 1.00. The zero-order valence-electron chi connectivity index (χ0n) is 22.4. The predicted octanol–water partition coefficient (Wildman–Crippen LogP) is 6.83. The third kappa shape index (κ3) is 1.66. The second-order valence-electron chi connectivity index (χ2n) is 15.9. The van der Waals surface area contributed by atoms with Gasteiger partial charge in [0.1, 0.15) is 0 Å². The van der Waals surface area contributed by atoms with Crippen molar-refractivity contribution in [3.63, 3.8) is 0 Å². The molecule has 6 bridgehead atoms. The van der Waals surface area contributed by atoms with E-state index < -0.39 is 11.7 Å². The first-order valence-corrected chi connectivity index (χ1v) is 13.9. The maximum absolute atomic E-state index is 12.4. The molecule has 0 aliphatic heterocycles. The maximum atomic E-state index is 12.4. The van der Waals surface area contributed by atoms with Gasteiger partial charge in [0.05, 0.1) is 11.7 Å². The van der Waals surface area contributed by atoms with Crippen molar-refractivity contribution in [2.75, 3.05) is 0 Å². The van der Waals surface area contributed by atoms with Gasteiger partial charge in [0, 0.05) is 5.41 Å². The van der Waals surface area contributed by atoms with Crippen molar-refractivity contribution >= 4 is 0 Å². The van der Waals surface area contributed by atoms with Crippen molar-refractivity contribution < 1.29 is 10.2 Å². The van der Waals surface area contributed by atoms with Crippen LogP contribution in [0.3, 0.4) is 0 Å². The molecule has 10 unspecified atom stereocenters. The molecule has 0 aromatic carbocycles. The molecule has 32 heavy (non-hydrogen) atoms. The van der Waals surface area contributed by atoms with Crippen molar-refractivity contribution in [2.45, 2.75) is 125 Å². The Bertz CT molecular complexity index is 868. The molecular weight excluding hydrogens is 392 g/mol. The van der Waals surface area contributed by atoms with Crippen LogP contribution in [0.4, 0.5) is 0 Å². The van der Waals surface area contributed by atoms with Gasteiger partial charge in [0.2, 0.25) is 0 Å². The van der Waals surface area contributed by atoms with Crippen LogP contribution in [0, 0.1) is 61.6 Å². The molecule has 2 N–H and O–H groups in total. The number of aliphatic hydroxyl groups is 2. The first-order chi connectivity index (χ1) is 14.5. The van der Waals surface area contributed by atoms with Gasteiger partial charge in [-0.3, -0.25) is 0 Å². The van der Waals surface area contributed by atoms with E-state index in [-0.39, 0.29) is 27.1 Å². The summed E-state index contributed by atoms with van der Waals surface area (Å²) in [7, 11) is 0. The topological polar surface area (TPSA) is 40.5 Å². The molecule has 0 amide bonds. The molecule has 2 nitrogen and oxygen atoms in total. The lowest BCUT2D eigenvalue weighted by Gasteiger charge is -2.92. The first kappa shape index (κ1) is 22.4. The molecule has 0 spiro atoms. The predicted molar refractivity (Wildman–Crippen MR) is 130 cm³/mol. The molecule has 9 aliphatic carbocycles. The second kappa shape index (κ2) is 5.50. The number of hydrogen-bond acceptors (Lipinski definition) is 2. The number of rotatable bonds is 2. The van der Waals surface area contributed by atoms with Crippen LogP contribution >= 0.6 is 0 Å². The smallest absolute Gasteiger partial charge is 0.0944 e. The summed E-state index contributed by atoms with van der Waals surface area (Å²) >= 11 is 0. The highest BCUT2D eigenvalue weighted by molar-refractivity contribution is 5.39. The highest BCUT2D eigenvalue weighted by atomic mass is 16.3. The largest absolute Gasteiger partial charge is 0.390 e. The summed E-state index contributed by atoms with van der Waals surface area (Å²) in [6.07, 6.45) is 9.41. The van der Waals surface area contributed by atoms with Crippen LogP contribution in [0.15, 0.2) is 0 Å².